The third-order valence-corrected chi connectivity index (χ3v) is 2.89. The first-order valence-electron chi connectivity index (χ1n) is 6.40. The summed E-state index contributed by atoms with van der Waals surface area (Å²) in [5.41, 5.74) is 7.06. The fourth-order valence-corrected chi connectivity index (χ4v) is 1.78. The lowest BCUT2D eigenvalue weighted by Crippen LogP contribution is -2.21. The van der Waals surface area contributed by atoms with Gasteiger partial charge >= 0.3 is 0 Å². The second-order valence-electron chi connectivity index (χ2n) is 4.30. The highest BCUT2D eigenvalue weighted by Crippen LogP contribution is 2.38. The first-order valence-corrected chi connectivity index (χ1v) is 6.40. The van der Waals surface area contributed by atoms with E-state index in [1.54, 1.807) is 20.3 Å². The molecule has 0 aliphatic carbocycles. The number of nitrogens with two attached hydrogens (primary N) is 1. The Hall–Kier alpha value is -1.68. The Morgan fingerprint density at radius 1 is 1.26 bits per heavy atom. The van der Waals surface area contributed by atoms with Crippen molar-refractivity contribution >= 4 is 0 Å². The van der Waals surface area contributed by atoms with E-state index in [9.17, 15) is 0 Å². The van der Waals surface area contributed by atoms with Crippen LogP contribution >= 0.6 is 0 Å². The van der Waals surface area contributed by atoms with Gasteiger partial charge in [-0.1, -0.05) is 19.6 Å². The molecule has 4 heteroatoms. The van der Waals surface area contributed by atoms with E-state index in [1.807, 2.05) is 12.1 Å². The molecule has 0 saturated heterocycles. The van der Waals surface area contributed by atoms with Gasteiger partial charge in [0.15, 0.2) is 11.5 Å². The molecule has 1 atom stereocenters. The SMILES string of the molecule is C=CCOc1c(OC)cc(CC(N)CC)cc1OC. The van der Waals surface area contributed by atoms with Crippen LogP contribution < -0.4 is 19.9 Å². The summed E-state index contributed by atoms with van der Waals surface area (Å²) >= 11 is 0. The van der Waals surface area contributed by atoms with Crippen molar-refractivity contribution in [1.82, 2.24) is 0 Å². The second kappa shape index (κ2) is 7.69. The molecule has 0 heterocycles. The molecule has 0 aliphatic heterocycles. The van der Waals surface area contributed by atoms with Crippen LogP contribution in [-0.2, 0) is 6.42 Å². The largest absolute Gasteiger partial charge is 0.493 e. The van der Waals surface area contributed by atoms with Crippen molar-refractivity contribution < 1.29 is 14.2 Å². The Balaban J connectivity index is 3.08. The van der Waals surface area contributed by atoms with Crippen LogP contribution in [0.2, 0.25) is 0 Å². The molecule has 0 aliphatic rings. The van der Waals surface area contributed by atoms with E-state index in [0.717, 1.165) is 18.4 Å². The Labute approximate surface area is 115 Å². The van der Waals surface area contributed by atoms with Crippen molar-refractivity contribution in [2.75, 3.05) is 20.8 Å². The predicted octanol–water partition coefficient (Wildman–Crippen LogP) is 2.55. The van der Waals surface area contributed by atoms with Crippen molar-refractivity contribution in [3.8, 4) is 17.2 Å². The molecule has 1 rings (SSSR count). The zero-order valence-corrected chi connectivity index (χ0v) is 11.9. The smallest absolute Gasteiger partial charge is 0.203 e. The maximum Gasteiger partial charge on any atom is 0.203 e. The van der Waals surface area contributed by atoms with E-state index in [1.165, 1.54) is 0 Å². The van der Waals surface area contributed by atoms with Gasteiger partial charge in [0.25, 0.3) is 0 Å². The number of methoxy groups -OCH3 is 2. The average molecular weight is 265 g/mol. The van der Waals surface area contributed by atoms with Crippen LogP contribution in [0.25, 0.3) is 0 Å². The lowest BCUT2D eigenvalue weighted by molar-refractivity contribution is 0.300. The topological polar surface area (TPSA) is 53.7 Å². The number of rotatable bonds is 8. The quantitative estimate of drug-likeness (QED) is 0.734. The lowest BCUT2D eigenvalue weighted by atomic mass is 10.0. The Bertz CT molecular complexity index is 393. The Morgan fingerprint density at radius 2 is 1.84 bits per heavy atom. The molecule has 1 aromatic rings. The molecule has 0 saturated carbocycles. The molecular formula is C15H23NO3. The van der Waals surface area contributed by atoms with Gasteiger partial charge in [-0.3, -0.25) is 0 Å². The van der Waals surface area contributed by atoms with Gasteiger partial charge in [-0.15, -0.1) is 0 Å². The third-order valence-electron chi connectivity index (χ3n) is 2.89. The molecule has 106 valence electrons. The zero-order valence-electron chi connectivity index (χ0n) is 11.9. The van der Waals surface area contributed by atoms with Crippen LogP contribution in [0, 0.1) is 0 Å². The molecule has 1 unspecified atom stereocenters. The Morgan fingerprint density at radius 3 is 2.26 bits per heavy atom. The van der Waals surface area contributed by atoms with Crippen LogP contribution in [0.4, 0.5) is 0 Å². The van der Waals surface area contributed by atoms with Crippen LogP contribution in [0.1, 0.15) is 18.9 Å². The van der Waals surface area contributed by atoms with E-state index in [4.69, 9.17) is 19.9 Å². The van der Waals surface area contributed by atoms with Gasteiger partial charge in [0.2, 0.25) is 5.75 Å². The average Bonchev–Trinajstić information content (AvgIpc) is 2.44. The molecule has 0 bridgehead atoms. The summed E-state index contributed by atoms with van der Waals surface area (Å²) in [6, 6.07) is 4.02. The molecule has 4 nitrogen and oxygen atoms in total. The second-order valence-corrected chi connectivity index (χ2v) is 4.30. The van der Waals surface area contributed by atoms with Crippen LogP contribution in [0.5, 0.6) is 17.2 Å². The number of hydrogen-bond donors (Lipinski definition) is 1. The highest BCUT2D eigenvalue weighted by atomic mass is 16.5. The van der Waals surface area contributed by atoms with Gasteiger partial charge in [0.1, 0.15) is 6.61 Å². The van der Waals surface area contributed by atoms with Gasteiger partial charge in [0, 0.05) is 6.04 Å². The van der Waals surface area contributed by atoms with E-state index in [0.29, 0.717) is 23.9 Å². The van der Waals surface area contributed by atoms with Gasteiger partial charge in [-0.25, -0.2) is 0 Å². The molecule has 0 aromatic heterocycles. The van der Waals surface area contributed by atoms with Crippen LogP contribution in [-0.4, -0.2) is 26.9 Å². The lowest BCUT2D eigenvalue weighted by Gasteiger charge is -2.16. The molecule has 0 fully saturated rings. The van der Waals surface area contributed by atoms with Crippen molar-refractivity contribution in [2.45, 2.75) is 25.8 Å². The normalized spacial score (nSPS) is 11.8. The maximum atomic E-state index is 5.98. The number of hydrogen-bond acceptors (Lipinski definition) is 4. The maximum absolute atomic E-state index is 5.98. The molecule has 0 radical (unpaired) electrons. The highest BCUT2D eigenvalue weighted by molar-refractivity contribution is 5.54. The van der Waals surface area contributed by atoms with E-state index >= 15 is 0 Å². The molecule has 19 heavy (non-hydrogen) atoms. The summed E-state index contributed by atoms with van der Waals surface area (Å²) in [4.78, 5) is 0. The Kier molecular flexibility index (Phi) is 6.22. The molecule has 0 spiro atoms. The zero-order chi connectivity index (χ0) is 14.3. The minimum atomic E-state index is 0.134. The van der Waals surface area contributed by atoms with Crippen molar-refractivity contribution in [3.63, 3.8) is 0 Å². The summed E-state index contributed by atoms with van der Waals surface area (Å²) in [6.07, 6.45) is 3.39. The summed E-state index contributed by atoms with van der Waals surface area (Å²) in [7, 11) is 3.22. The van der Waals surface area contributed by atoms with Crippen LogP contribution in [0.3, 0.4) is 0 Å². The fraction of sp³-hybridized carbons (Fsp3) is 0.467. The van der Waals surface area contributed by atoms with E-state index in [-0.39, 0.29) is 6.04 Å². The summed E-state index contributed by atoms with van der Waals surface area (Å²) in [6.45, 7) is 6.11. The monoisotopic (exact) mass is 265 g/mol. The summed E-state index contributed by atoms with van der Waals surface area (Å²) < 4.78 is 16.3. The van der Waals surface area contributed by atoms with Gasteiger partial charge < -0.3 is 19.9 Å². The first kappa shape index (κ1) is 15.4. The van der Waals surface area contributed by atoms with E-state index in [2.05, 4.69) is 13.5 Å². The van der Waals surface area contributed by atoms with Crippen LogP contribution in [0.15, 0.2) is 24.8 Å². The molecular weight excluding hydrogens is 242 g/mol. The first-order chi connectivity index (χ1) is 9.15. The summed E-state index contributed by atoms with van der Waals surface area (Å²) in [5, 5.41) is 0. The fourth-order valence-electron chi connectivity index (χ4n) is 1.78. The minimum Gasteiger partial charge on any atom is -0.493 e. The van der Waals surface area contributed by atoms with Crippen molar-refractivity contribution in [3.05, 3.63) is 30.4 Å². The number of benzene rings is 1. The third kappa shape index (κ3) is 4.17. The molecule has 2 N–H and O–H groups in total. The molecule has 1 aromatic carbocycles. The predicted molar refractivity (Wildman–Crippen MR) is 77.2 cm³/mol. The minimum absolute atomic E-state index is 0.134. The summed E-state index contributed by atoms with van der Waals surface area (Å²) in [5.74, 6) is 1.90. The number of ether oxygens (including phenoxy) is 3. The standard InChI is InChI=1S/C15H23NO3/c1-5-7-19-15-13(17-3)9-11(8-12(16)6-2)10-14(15)18-4/h5,9-10,12H,1,6-8,16H2,2-4H3. The van der Waals surface area contributed by atoms with Gasteiger partial charge in [-0.2, -0.15) is 0 Å². The molecule has 0 amide bonds. The van der Waals surface area contributed by atoms with Gasteiger partial charge in [0.05, 0.1) is 14.2 Å². The van der Waals surface area contributed by atoms with Crippen molar-refractivity contribution in [2.24, 2.45) is 5.73 Å². The van der Waals surface area contributed by atoms with E-state index < -0.39 is 0 Å². The highest BCUT2D eigenvalue weighted by Gasteiger charge is 2.14. The van der Waals surface area contributed by atoms with Gasteiger partial charge in [-0.05, 0) is 30.5 Å². The van der Waals surface area contributed by atoms with Crippen molar-refractivity contribution in [1.29, 1.82) is 0 Å².